The lowest BCUT2D eigenvalue weighted by Gasteiger charge is -2.07. The van der Waals surface area contributed by atoms with Gasteiger partial charge in [0, 0.05) is 16.6 Å². The zero-order valence-electron chi connectivity index (χ0n) is 12.3. The van der Waals surface area contributed by atoms with Gasteiger partial charge in [-0.3, -0.25) is 4.79 Å². The summed E-state index contributed by atoms with van der Waals surface area (Å²) < 4.78 is 5.71. The summed E-state index contributed by atoms with van der Waals surface area (Å²) in [6.07, 6.45) is 3.33. The Kier molecular flexibility index (Phi) is 4.86. The zero-order valence-corrected chi connectivity index (χ0v) is 13.1. The number of amides is 1. The van der Waals surface area contributed by atoms with E-state index in [0.717, 1.165) is 22.1 Å². The molecule has 1 amide bonds. The van der Waals surface area contributed by atoms with Crippen molar-refractivity contribution < 1.29 is 9.53 Å². The Hall–Kier alpha value is -2.85. The lowest BCUT2D eigenvalue weighted by Crippen LogP contribution is -2.07. The predicted octanol–water partition coefficient (Wildman–Crippen LogP) is 5.19. The van der Waals surface area contributed by atoms with Crippen molar-refractivity contribution >= 4 is 29.0 Å². The molecule has 1 N–H and O–H groups in total. The van der Waals surface area contributed by atoms with E-state index in [1.807, 2.05) is 72.1 Å². The summed E-state index contributed by atoms with van der Waals surface area (Å²) >= 11 is 1.59. The van der Waals surface area contributed by atoms with Gasteiger partial charge < -0.3 is 10.1 Å². The molecule has 0 unspecified atom stereocenters. The first-order chi connectivity index (χ1) is 11.3. The van der Waals surface area contributed by atoms with Crippen LogP contribution in [0.2, 0.25) is 0 Å². The van der Waals surface area contributed by atoms with Crippen molar-refractivity contribution in [3.8, 4) is 11.5 Å². The average Bonchev–Trinajstić information content (AvgIpc) is 3.09. The second-order valence-electron chi connectivity index (χ2n) is 4.78. The summed E-state index contributed by atoms with van der Waals surface area (Å²) in [6.45, 7) is 0. The van der Waals surface area contributed by atoms with E-state index in [1.54, 1.807) is 17.4 Å². The topological polar surface area (TPSA) is 38.3 Å². The molecule has 0 atom stereocenters. The highest BCUT2D eigenvalue weighted by atomic mass is 32.1. The van der Waals surface area contributed by atoms with E-state index >= 15 is 0 Å². The molecule has 3 aromatic rings. The molecule has 0 fully saturated rings. The minimum atomic E-state index is -0.157. The third-order valence-corrected chi connectivity index (χ3v) is 3.88. The Morgan fingerprint density at radius 2 is 1.65 bits per heavy atom. The first-order valence-electron chi connectivity index (χ1n) is 7.15. The molecule has 3 nitrogen and oxygen atoms in total. The summed E-state index contributed by atoms with van der Waals surface area (Å²) in [6, 6.07) is 20.8. The van der Waals surface area contributed by atoms with Crippen LogP contribution in [0.3, 0.4) is 0 Å². The number of hydrogen-bond acceptors (Lipinski definition) is 3. The third kappa shape index (κ3) is 4.56. The van der Waals surface area contributed by atoms with Gasteiger partial charge >= 0.3 is 0 Å². The van der Waals surface area contributed by atoms with Crippen molar-refractivity contribution in [3.63, 3.8) is 0 Å². The fraction of sp³-hybridized carbons (Fsp3) is 0. The second kappa shape index (κ2) is 7.42. The Balaban J connectivity index is 1.58. The van der Waals surface area contributed by atoms with Crippen LogP contribution in [0.4, 0.5) is 5.69 Å². The van der Waals surface area contributed by atoms with Crippen LogP contribution < -0.4 is 10.1 Å². The summed E-state index contributed by atoms with van der Waals surface area (Å²) in [4.78, 5) is 12.9. The number of para-hydroxylation sites is 1. The minimum Gasteiger partial charge on any atom is -0.457 e. The number of nitrogens with one attached hydrogen (secondary N) is 1. The van der Waals surface area contributed by atoms with Crippen LogP contribution in [-0.4, -0.2) is 5.91 Å². The maximum atomic E-state index is 11.9. The average molecular weight is 321 g/mol. The van der Waals surface area contributed by atoms with E-state index in [-0.39, 0.29) is 5.91 Å². The van der Waals surface area contributed by atoms with Gasteiger partial charge in [-0.05, 0) is 53.9 Å². The molecule has 114 valence electrons. The normalized spacial score (nSPS) is 10.6. The molecule has 4 heteroatoms. The van der Waals surface area contributed by atoms with E-state index < -0.39 is 0 Å². The number of thiophene rings is 1. The fourth-order valence-electron chi connectivity index (χ4n) is 1.96. The van der Waals surface area contributed by atoms with Gasteiger partial charge in [-0.1, -0.05) is 24.3 Å². The Labute approximate surface area is 138 Å². The molecule has 0 aliphatic heterocycles. The van der Waals surface area contributed by atoms with Gasteiger partial charge in [-0.25, -0.2) is 0 Å². The summed E-state index contributed by atoms with van der Waals surface area (Å²) in [7, 11) is 0. The first kappa shape index (κ1) is 15.1. The molecule has 1 aromatic heterocycles. The van der Waals surface area contributed by atoms with Gasteiger partial charge in [-0.15, -0.1) is 11.3 Å². The van der Waals surface area contributed by atoms with Gasteiger partial charge in [0.05, 0.1) is 0 Å². The molecule has 0 saturated carbocycles. The molecule has 1 heterocycles. The van der Waals surface area contributed by atoms with Crippen LogP contribution >= 0.6 is 11.3 Å². The number of benzene rings is 2. The number of rotatable bonds is 5. The minimum absolute atomic E-state index is 0.157. The first-order valence-corrected chi connectivity index (χ1v) is 8.03. The van der Waals surface area contributed by atoms with Crippen LogP contribution in [0, 0.1) is 0 Å². The Morgan fingerprint density at radius 3 is 2.35 bits per heavy atom. The zero-order chi connectivity index (χ0) is 15.9. The van der Waals surface area contributed by atoms with Crippen molar-refractivity contribution in [2.24, 2.45) is 0 Å². The maximum absolute atomic E-state index is 11.9. The molecule has 0 saturated heterocycles. The molecular formula is C19H15NO2S. The maximum Gasteiger partial charge on any atom is 0.248 e. The summed E-state index contributed by atoms with van der Waals surface area (Å²) in [5.74, 6) is 1.35. The van der Waals surface area contributed by atoms with Crippen molar-refractivity contribution in [2.75, 3.05) is 5.32 Å². The van der Waals surface area contributed by atoms with Crippen LogP contribution in [0.25, 0.3) is 6.08 Å². The number of anilines is 1. The van der Waals surface area contributed by atoms with Crippen LogP contribution in [0.15, 0.2) is 78.2 Å². The number of carbonyl (C=O) groups is 1. The molecular weight excluding hydrogens is 306 g/mol. The number of ether oxygens (including phenoxy) is 1. The molecule has 0 radical (unpaired) electrons. The standard InChI is InChI=1S/C19H15NO2S/c21-19(13-12-18-7-4-14-23-18)20-15-8-10-17(11-9-15)22-16-5-2-1-3-6-16/h1-14H,(H,20,21). The Bertz CT molecular complexity index is 778. The highest BCUT2D eigenvalue weighted by Crippen LogP contribution is 2.22. The van der Waals surface area contributed by atoms with Gasteiger partial charge in [0.15, 0.2) is 0 Å². The summed E-state index contributed by atoms with van der Waals surface area (Å²) in [5.41, 5.74) is 0.728. The van der Waals surface area contributed by atoms with Crippen molar-refractivity contribution in [2.45, 2.75) is 0 Å². The SMILES string of the molecule is O=C(C=Cc1cccs1)Nc1ccc(Oc2ccccc2)cc1. The van der Waals surface area contributed by atoms with Crippen LogP contribution in [0.5, 0.6) is 11.5 Å². The van der Waals surface area contributed by atoms with Crippen molar-refractivity contribution in [3.05, 3.63) is 83.1 Å². The van der Waals surface area contributed by atoms with E-state index in [4.69, 9.17) is 4.74 Å². The second-order valence-corrected chi connectivity index (χ2v) is 5.76. The van der Waals surface area contributed by atoms with E-state index in [2.05, 4.69) is 5.32 Å². The van der Waals surface area contributed by atoms with Gasteiger partial charge in [0.25, 0.3) is 0 Å². The van der Waals surface area contributed by atoms with E-state index in [1.165, 1.54) is 6.08 Å². The van der Waals surface area contributed by atoms with Crippen LogP contribution in [0.1, 0.15) is 4.88 Å². The van der Waals surface area contributed by atoms with Gasteiger partial charge in [-0.2, -0.15) is 0 Å². The lowest BCUT2D eigenvalue weighted by molar-refractivity contribution is -0.111. The third-order valence-electron chi connectivity index (χ3n) is 3.04. The predicted molar refractivity (Wildman–Crippen MR) is 94.9 cm³/mol. The molecule has 3 rings (SSSR count). The van der Waals surface area contributed by atoms with Crippen molar-refractivity contribution in [1.82, 2.24) is 0 Å². The summed E-state index contributed by atoms with van der Waals surface area (Å²) in [5, 5.41) is 4.79. The highest BCUT2D eigenvalue weighted by molar-refractivity contribution is 7.10. The van der Waals surface area contributed by atoms with Crippen LogP contribution in [-0.2, 0) is 4.79 Å². The Morgan fingerprint density at radius 1 is 0.913 bits per heavy atom. The van der Waals surface area contributed by atoms with Gasteiger partial charge in [0.2, 0.25) is 5.91 Å². The van der Waals surface area contributed by atoms with E-state index in [9.17, 15) is 4.79 Å². The van der Waals surface area contributed by atoms with Gasteiger partial charge in [0.1, 0.15) is 11.5 Å². The molecule has 0 aliphatic carbocycles. The lowest BCUT2D eigenvalue weighted by atomic mass is 10.3. The quantitative estimate of drug-likeness (QED) is 0.657. The highest BCUT2D eigenvalue weighted by Gasteiger charge is 2.00. The molecule has 0 bridgehead atoms. The number of hydrogen-bond donors (Lipinski definition) is 1. The molecule has 0 aliphatic rings. The molecule has 0 spiro atoms. The monoisotopic (exact) mass is 321 g/mol. The largest absolute Gasteiger partial charge is 0.457 e. The molecule has 23 heavy (non-hydrogen) atoms. The van der Waals surface area contributed by atoms with Crippen molar-refractivity contribution in [1.29, 1.82) is 0 Å². The molecule has 2 aromatic carbocycles. The smallest absolute Gasteiger partial charge is 0.248 e. The number of carbonyl (C=O) groups excluding carboxylic acids is 1. The van der Waals surface area contributed by atoms with E-state index in [0.29, 0.717) is 0 Å². The fourth-order valence-corrected chi connectivity index (χ4v) is 2.58.